The molecule has 0 saturated heterocycles. The van der Waals surface area contributed by atoms with Gasteiger partial charge in [-0.25, -0.2) is 13.2 Å². The number of benzene rings is 2. The summed E-state index contributed by atoms with van der Waals surface area (Å²) in [7, 11) is -3.64. The van der Waals surface area contributed by atoms with Crippen molar-refractivity contribution < 1.29 is 13.2 Å². The van der Waals surface area contributed by atoms with Crippen molar-refractivity contribution in [3.05, 3.63) is 54.1 Å². The topological polar surface area (TPSA) is 78.5 Å². The lowest BCUT2D eigenvalue weighted by atomic mass is 10.0. The predicted octanol–water partition coefficient (Wildman–Crippen LogP) is 3.75. The maximum absolute atomic E-state index is 13.1. The highest BCUT2D eigenvalue weighted by molar-refractivity contribution is 7.92. The first-order valence-electron chi connectivity index (χ1n) is 8.97. The zero-order valence-electron chi connectivity index (χ0n) is 15.8. The molecule has 0 atom stereocenters. The van der Waals surface area contributed by atoms with Gasteiger partial charge in [0.15, 0.2) is 0 Å². The van der Waals surface area contributed by atoms with Gasteiger partial charge < -0.3 is 10.6 Å². The van der Waals surface area contributed by atoms with Gasteiger partial charge in [-0.1, -0.05) is 24.3 Å². The molecule has 0 bridgehead atoms. The van der Waals surface area contributed by atoms with E-state index in [2.05, 4.69) is 10.6 Å². The highest BCUT2D eigenvalue weighted by Crippen LogP contribution is 2.34. The van der Waals surface area contributed by atoms with Crippen molar-refractivity contribution in [1.82, 2.24) is 5.32 Å². The molecule has 0 spiro atoms. The van der Waals surface area contributed by atoms with Gasteiger partial charge in [0.1, 0.15) is 0 Å². The third-order valence-electron chi connectivity index (χ3n) is 4.24. The molecule has 6 nitrogen and oxygen atoms in total. The second-order valence-corrected chi connectivity index (χ2v) is 9.53. The van der Waals surface area contributed by atoms with Crippen molar-refractivity contribution in [1.29, 1.82) is 0 Å². The van der Waals surface area contributed by atoms with Gasteiger partial charge in [-0.05, 0) is 63.4 Å². The summed E-state index contributed by atoms with van der Waals surface area (Å²) in [5, 5.41) is 5.62. The van der Waals surface area contributed by atoms with Gasteiger partial charge in [0, 0.05) is 17.8 Å². The molecule has 2 amide bonds. The number of amides is 2. The fourth-order valence-electron chi connectivity index (χ4n) is 3.09. The van der Waals surface area contributed by atoms with Gasteiger partial charge in [0.05, 0.1) is 10.6 Å². The highest BCUT2D eigenvalue weighted by atomic mass is 32.2. The summed E-state index contributed by atoms with van der Waals surface area (Å²) < 4.78 is 27.6. The van der Waals surface area contributed by atoms with Gasteiger partial charge in [-0.15, -0.1) is 0 Å². The Kier molecular flexibility index (Phi) is 5.15. The fourth-order valence-corrected chi connectivity index (χ4v) is 4.64. The average Bonchev–Trinajstić information content (AvgIpc) is 2.60. The largest absolute Gasteiger partial charge is 0.333 e. The fraction of sp³-hybridized carbons (Fsp3) is 0.350. The molecule has 0 unspecified atom stereocenters. The Balaban J connectivity index is 1.92. The number of nitrogens with zero attached hydrogens (tertiary/aromatic N) is 1. The molecule has 1 aliphatic rings. The molecule has 2 N–H and O–H groups in total. The molecule has 144 valence electrons. The number of carbonyl (C=O) groups excluding carboxylic acids is 1. The normalized spacial score (nSPS) is 14.4. The van der Waals surface area contributed by atoms with E-state index in [0.717, 1.165) is 18.4 Å². The van der Waals surface area contributed by atoms with Crippen LogP contribution in [-0.4, -0.2) is 26.5 Å². The maximum atomic E-state index is 13.1. The highest BCUT2D eigenvalue weighted by Gasteiger charge is 2.29. The first kappa shape index (κ1) is 19.2. The first-order valence-corrected chi connectivity index (χ1v) is 10.4. The standard InChI is InChI=1S/C20H25N3O3S/c1-20(2,3)22-19(24)21-16-12-11-15-8-7-13-23(18(15)14-16)27(25,26)17-9-5-4-6-10-17/h4-6,9-12,14H,7-8,13H2,1-3H3,(H2,21,22,24). The van der Waals surface area contributed by atoms with Crippen molar-refractivity contribution in [3.8, 4) is 0 Å². The van der Waals surface area contributed by atoms with Crippen LogP contribution in [0.1, 0.15) is 32.8 Å². The Morgan fingerprint density at radius 1 is 1.07 bits per heavy atom. The van der Waals surface area contributed by atoms with Crippen LogP contribution in [0.15, 0.2) is 53.4 Å². The predicted molar refractivity (Wildman–Crippen MR) is 108 cm³/mol. The average molecular weight is 388 g/mol. The summed E-state index contributed by atoms with van der Waals surface area (Å²) in [5.74, 6) is 0. The third kappa shape index (κ3) is 4.42. The minimum Gasteiger partial charge on any atom is -0.333 e. The summed E-state index contributed by atoms with van der Waals surface area (Å²) >= 11 is 0. The van der Waals surface area contributed by atoms with E-state index >= 15 is 0 Å². The number of nitrogens with one attached hydrogen (secondary N) is 2. The lowest BCUT2D eigenvalue weighted by Crippen LogP contribution is -2.43. The summed E-state index contributed by atoms with van der Waals surface area (Å²) in [4.78, 5) is 12.4. The number of urea groups is 1. The smallest absolute Gasteiger partial charge is 0.319 e. The lowest BCUT2D eigenvalue weighted by Gasteiger charge is -2.31. The Morgan fingerprint density at radius 2 is 1.78 bits per heavy atom. The number of sulfonamides is 1. The Hall–Kier alpha value is -2.54. The molecule has 0 fully saturated rings. The third-order valence-corrected chi connectivity index (χ3v) is 6.07. The number of hydrogen-bond acceptors (Lipinski definition) is 3. The number of rotatable bonds is 3. The minimum absolute atomic E-state index is 0.265. The summed E-state index contributed by atoms with van der Waals surface area (Å²) in [5.41, 5.74) is 1.79. The van der Waals surface area contributed by atoms with Crippen LogP contribution in [-0.2, 0) is 16.4 Å². The first-order chi connectivity index (χ1) is 12.7. The SMILES string of the molecule is CC(C)(C)NC(=O)Nc1ccc2c(c1)N(S(=O)(=O)c1ccccc1)CCC2. The number of carbonyl (C=O) groups is 1. The van der Waals surface area contributed by atoms with Gasteiger partial charge in [0.25, 0.3) is 10.0 Å². The molecule has 0 aliphatic carbocycles. The molecular formula is C20H25N3O3S. The zero-order valence-corrected chi connectivity index (χ0v) is 16.6. The van der Waals surface area contributed by atoms with Crippen LogP contribution in [0, 0.1) is 0 Å². The summed E-state index contributed by atoms with van der Waals surface area (Å²) in [6.45, 7) is 6.11. The van der Waals surface area contributed by atoms with Crippen molar-refractivity contribution >= 4 is 27.4 Å². The molecule has 1 aliphatic heterocycles. The van der Waals surface area contributed by atoms with Gasteiger partial charge in [-0.3, -0.25) is 4.31 Å². The van der Waals surface area contributed by atoms with Gasteiger partial charge >= 0.3 is 6.03 Å². The molecule has 1 heterocycles. The molecule has 0 saturated carbocycles. The van der Waals surface area contributed by atoms with E-state index in [1.54, 1.807) is 42.5 Å². The maximum Gasteiger partial charge on any atom is 0.319 e. The molecule has 2 aromatic rings. The molecule has 3 rings (SSSR count). The van der Waals surface area contributed by atoms with E-state index in [1.165, 1.54) is 4.31 Å². The summed E-state index contributed by atoms with van der Waals surface area (Å²) in [6, 6.07) is 13.5. The van der Waals surface area contributed by atoms with E-state index in [1.807, 2.05) is 26.8 Å². The second kappa shape index (κ2) is 7.23. The zero-order chi connectivity index (χ0) is 19.7. The number of anilines is 2. The van der Waals surface area contributed by atoms with Crippen molar-refractivity contribution in [3.63, 3.8) is 0 Å². The molecule has 0 aromatic heterocycles. The monoisotopic (exact) mass is 387 g/mol. The van der Waals surface area contributed by atoms with Crippen LogP contribution in [0.2, 0.25) is 0 Å². The van der Waals surface area contributed by atoms with Gasteiger partial charge in [-0.2, -0.15) is 0 Å². The molecule has 7 heteroatoms. The molecule has 0 radical (unpaired) electrons. The van der Waals surface area contributed by atoms with Crippen LogP contribution in [0.3, 0.4) is 0 Å². The van der Waals surface area contributed by atoms with Crippen molar-refractivity contribution in [2.75, 3.05) is 16.2 Å². The number of fused-ring (bicyclic) bond motifs is 1. The van der Waals surface area contributed by atoms with E-state index in [-0.39, 0.29) is 16.5 Å². The Morgan fingerprint density at radius 3 is 2.44 bits per heavy atom. The van der Waals surface area contributed by atoms with Gasteiger partial charge in [0.2, 0.25) is 0 Å². The second-order valence-electron chi connectivity index (χ2n) is 7.67. The Bertz CT molecular complexity index is 935. The quantitative estimate of drug-likeness (QED) is 0.842. The molecular weight excluding hydrogens is 362 g/mol. The number of hydrogen-bond donors (Lipinski definition) is 2. The van der Waals surface area contributed by atoms with E-state index in [4.69, 9.17) is 0 Å². The van der Waals surface area contributed by atoms with Crippen LogP contribution in [0.4, 0.5) is 16.2 Å². The van der Waals surface area contributed by atoms with Crippen LogP contribution < -0.4 is 14.9 Å². The van der Waals surface area contributed by atoms with Crippen molar-refractivity contribution in [2.24, 2.45) is 0 Å². The van der Waals surface area contributed by atoms with E-state index in [0.29, 0.717) is 17.9 Å². The van der Waals surface area contributed by atoms with Crippen LogP contribution >= 0.6 is 0 Å². The molecule has 27 heavy (non-hydrogen) atoms. The van der Waals surface area contributed by atoms with E-state index < -0.39 is 10.0 Å². The van der Waals surface area contributed by atoms with Crippen LogP contribution in [0.25, 0.3) is 0 Å². The minimum atomic E-state index is -3.64. The van der Waals surface area contributed by atoms with Crippen molar-refractivity contribution in [2.45, 2.75) is 44.0 Å². The number of aryl methyl sites for hydroxylation is 1. The lowest BCUT2D eigenvalue weighted by molar-refractivity contribution is 0.244. The van der Waals surface area contributed by atoms with E-state index in [9.17, 15) is 13.2 Å². The van der Waals surface area contributed by atoms with Crippen LogP contribution in [0.5, 0.6) is 0 Å². The molecule has 2 aromatic carbocycles. The summed E-state index contributed by atoms with van der Waals surface area (Å²) in [6.07, 6.45) is 1.57. The Labute approximate surface area is 160 Å².